The van der Waals surface area contributed by atoms with E-state index in [1.807, 2.05) is 25.9 Å². The zero-order valence-corrected chi connectivity index (χ0v) is 13.9. The predicted molar refractivity (Wildman–Crippen MR) is 81.5 cm³/mol. The van der Waals surface area contributed by atoms with Gasteiger partial charge in [-0.3, -0.25) is 4.68 Å². The number of nitrogens with zero attached hydrogens (tertiary/aromatic N) is 4. The maximum Gasteiger partial charge on any atom is 0.246 e. The third-order valence-electron chi connectivity index (χ3n) is 3.06. The molecule has 0 radical (unpaired) electrons. The molecule has 1 heterocycles. The molecule has 0 saturated carbocycles. The van der Waals surface area contributed by atoms with Crippen molar-refractivity contribution >= 4 is 10.0 Å². The van der Waals surface area contributed by atoms with Crippen LogP contribution in [-0.4, -0.2) is 72.8 Å². The van der Waals surface area contributed by atoms with Crippen LogP contribution < -0.4 is 0 Å². The minimum atomic E-state index is -3.50. The van der Waals surface area contributed by atoms with Crippen LogP contribution in [0.1, 0.15) is 19.8 Å². The van der Waals surface area contributed by atoms with Crippen molar-refractivity contribution in [3.63, 3.8) is 0 Å². The fraction of sp³-hybridized carbons (Fsp3) is 0.769. The first-order valence-corrected chi connectivity index (χ1v) is 8.64. The second kappa shape index (κ2) is 8.47. The number of aliphatic hydroxyl groups is 1. The van der Waals surface area contributed by atoms with Crippen LogP contribution in [0.15, 0.2) is 17.3 Å². The Hall–Kier alpha value is -0.960. The highest BCUT2D eigenvalue weighted by molar-refractivity contribution is 7.89. The first-order chi connectivity index (χ1) is 9.91. The van der Waals surface area contributed by atoms with Crippen LogP contribution in [-0.2, 0) is 16.6 Å². The molecular formula is C13H26N4O3S. The summed E-state index contributed by atoms with van der Waals surface area (Å²) in [6.45, 7) is 4.17. The number of aromatic nitrogens is 2. The maximum atomic E-state index is 12.6. The van der Waals surface area contributed by atoms with Gasteiger partial charge in [-0.15, -0.1) is 0 Å². The molecule has 0 amide bonds. The number of aryl methyl sites for hydroxylation is 1. The van der Waals surface area contributed by atoms with Crippen LogP contribution in [0, 0.1) is 0 Å². The van der Waals surface area contributed by atoms with Gasteiger partial charge in [0.2, 0.25) is 10.0 Å². The van der Waals surface area contributed by atoms with E-state index in [1.165, 1.54) is 16.7 Å². The molecule has 0 saturated heterocycles. The molecule has 1 N–H and O–H groups in total. The van der Waals surface area contributed by atoms with Crippen LogP contribution in [0.4, 0.5) is 0 Å². The van der Waals surface area contributed by atoms with Crippen LogP contribution in [0.25, 0.3) is 0 Å². The number of hydrogen-bond donors (Lipinski definition) is 1. The van der Waals surface area contributed by atoms with E-state index in [0.717, 1.165) is 6.42 Å². The quantitative estimate of drug-likeness (QED) is 0.668. The smallest absolute Gasteiger partial charge is 0.246 e. The summed E-state index contributed by atoms with van der Waals surface area (Å²) in [4.78, 5) is 2.18. The number of likely N-dealkylation sites (N-methyl/N-ethyl adjacent to an activating group) is 1. The highest BCUT2D eigenvalue weighted by atomic mass is 32.2. The third-order valence-corrected chi connectivity index (χ3v) is 4.91. The average Bonchev–Trinajstić information content (AvgIpc) is 2.90. The molecule has 21 heavy (non-hydrogen) atoms. The largest absolute Gasteiger partial charge is 0.396 e. The zero-order valence-electron chi connectivity index (χ0n) is 13.1. The van der Waals surface area contributed by atoms with E-state index in [0.29, 0.717) is 32.6 Å². The molecule has 1 aromatic rings. The van der Waals surface area contributed by atoms with Gasteiger partial charge in [-0.05, 0) is 26.9 Å². The van der Waals surface area contributed by atoms with Crippen LogP contribution >= 0.6 is 0 Å². The summed E-state index contributed by atoms with van der Waals surface area (Å²) in [6.07, 6.45) is 4.24. The first-order valence-electron chi connectivity index (χ1n) is 7.20. The molecule has 0 unspecified atom stereocenters. The van der Waals surface area contributed by atoms with Crippen molar-refractivity contribution in [2.24, 2.45) is 0 Å². The van der Waals surface area contributed by atoms with Crippen molar-refractivity contribution in [3.05, 3.63) is 12.4 Å². The lowest BCUT2D eigenvalue weighted by atomic mass is 10.4. The standard InChI is InChI=1S/C13H26N4O3S/c1-4-6-17(9-8-15(2)3)21(19,20)13-11-14-16(12-13)7-5-10-18/h11-12,18H,4-10H2,1-3H3. The molecule has 0 atom stereocenters. The number of sulfonamides is 1. The molecule has 1 rings (SSSR count). The van der Waals surface area contributed by atoms with E-state index in [2.05, 4.69) is 5.10 Å². The summed E-state index contributed by atoms with van der Waals surface area (Å²) in [7, 11) is 0.338. The second-order valence-corrected chi connectivity index (χ2v) is 7.16. The number of hydrogen-bond acceptors (Lipinski definition) is 5. The van der Waals surface area contributed by atoms with Gasteiger partial charge in [0, 0.05) is 39.0 Å². The number of rotatable bonds is 10. The van der Waals surface area contributed by atoms with E-state index >= 15 is 0 Å². The molecule has 0 aliphatic rings. The molecule has 0 fully saturated rings. The lowest BCUT2D eigenvalue weighted by Gasteiger charge is -2.22. The molecule has 8 heteroatoms. The van der Waals surface area contributed by atoms with Gasteiger partial charge in [0.15, 0.2) is 0 Å². The van der Waals surface area contributed by atoms with E-state index < -0.39 is 10.0 Å². The Bertz CT molecular complexity index is 513. The summed E-state index contributed by atoms with van der Waals surface area (Å²) in [5.74, 6) is 0. The summed E-state index contributed by atoms with van der Waals surface area (Å²) in [5.41, 5.74) is 0. The summed E-state index contributed by atoms with van der Waals surface area (Å²) >= 11 is 0. The lowest BCUT2D eigenvalue weighted by molar-refractivity contribution is 0.277. The Labute approximate surface area is 127 Å². The van der Waals surface area contributed by atoms with Crippen LogP contribution in [0.2, 0.25) is 0 Å². The van der Waals surface area contributed by atoms with Gasteiger partial charge in [0.05, 0.1) is 6.20 Å². The van der Waals surface area contributed by atoms with Crippen molar-refractivity contribution < 1.29 is 13.5 Å². The lowest BCUT2D eigenvalue weighted by Crippen LogP contribution is -2.37. The number of aliphatic hydroxyl groups excluding tert-OH is 1. The average molecular weight is 318 g/mol. The third kappa shape index (κ3) is 5.39. The van der Waals surface area contributed by atoms with Gasteiger partial charge < -0.3 is 10.0 Å². The van der Waals surface area contributed by atoms with Crippen molar-refractivity contribution in [3.8, 4) is 0 Å². The minimum absolute atomic E-state index is 0.0622. The molecule has 1 aromatic heterocycles. The van der Waals surface area contributed by atoms with Crippen LogP contribution in [0.5, 0.6) is 0 Å². The Morgan fingerprint density at radius 2 is 2.00 bits per heavy atom. The molecule has 0 aliphatic heterocycles. The normalized spacial score (nSPS) is 12.5. The summed E-state index contributed by atoms with van der Waals surface area (Å²) < 4.78 is 28.3. The Morgan fingerprint density at radius 3 is 2.57 bits per heavy atom. The summed E-state index contributed by atoms with van der Waals surface area (Å²) in [5, 5.41) is 12.8. The van der Waals surface area contributed by atoms with Crippen molar-refractivity contribution in [1.29, 1.82) is 0 Å². The zero-order chi connectivity index (χ0) is 15.9. The molecule has 0 bridgehead atoms. The first kappa shape index (κ1) is 18.1. The molecular weight excluding hydrogens is 292 g/mol. The van der Waals surface area contributed by atoms with Gasteiger partial charge in [-0.25, -0.2) is 8.42 Å². The Kier molecular flexibility index (Phi) is 7.30. The van der Waals surface area contributed by atoms with Gasteiger partial charge in [-0.1, -0.05) is 6.92 Å². The minimum Gasteiger partial charge on any atom is -0.396 e. The predicted octanol–water partition coefficient (Wildman–Crippen LogP) is 0.228. The Balaban J connectivity index is 2.86. The second-order valence-electron chi connectivity index (χ2n) is 5.22. The molecule has 0 aliphatic carbocycles. The fourth-order valence-corrected chi connectivity index (χ4v) is 3.37. The fourth-order valence-electron chi connectivity index (χ4n) is 1.89. The van der Waals surface area contributed by atoms with Crippen molar-refractivity contribution in [2.75, 3.05) is 40.3 Å². The van der Waals surface area contributed by atoms with Crippen molar-refractivity contribution in [2.45, 2.75) is 31.2 Å². The molecule has 7 nitrogen and oxygen atoms in total. The SMILES string of the molecule is CCCN(CCN(C)C)S(=O)(=O)c1cnn(CCCO)c1. The van der Waals surface area contributed by atoms with Crippen LogP contribution in [0.3, 0.4) is 0 Å². The van der Waals surface area contributed by atoms with Gasteiger partial charge in [0.25, 0.3) is 0 Å². The van der Waals surface area contributed by atoms with Crippen molar-refractivity contribution in [1.82, 2.24) is 19.0 Å². The summed E-state index contributed by atoms with van der Waals surface area (Å²) in [6, 6.07) is 0. The highest BCUT2D eigenvalue weighted by Crippen LogP contribution is 2.15. The molecule has 122 valence electrons. The van der Waals surface area contributed by atoms with E-state index in [-0.39, 0.29) is 11.5 Å². The molecule has 0 aromatic carbocycles. The molecule has 0 spiro atoms. The van der Waals surface area contributed by atoms with E-state index in [1.54, 1.807) is 4.68 Å². The Morgan fingerprint density at radius 1 is 1.29 bits per heavy atom. The van der Waals surface area contributed by atoms with E-state index in [4.69, 9.17) is 5.11 Å². The van der Waals surface area contributed by atoms with Gasteiger partial charge in [0.1, 0.15) is 4.90 Å². The van der Waals surface area contributed by atoms with Gasteiger partial charge in [-0.2, -0.15) is 9.40 Å². The maximum absolute atomic E-state index is 12.6. The topological polar surface area (TPSA) is 78.7 Å². The van der Waals surface area contributed by atoms with E-state index in [9.17, 15) is 8.42 Å². The monoisotopic (exact) mass is 318 g/mol. The van der Waals surface area contributed by atoms with Gasteiger partial charge >= 0.3 is 0 Å². The highest BCUT2D eigenvalue weighted by Gasteiger charge is 2.25.